The molecule has 3 rings (SSSR count). The Bertz CT molecular complexity index is 546. The summed E-state index contributed by atoms with van der Waals surface area (Å²) in [6.45, 7) is 4.88. The Morgan fingerprint density at radius 3 is 2.91 bits per heavy atom. The number of fused-ring (bicyclic) bond motifs is 1. The van der Waals surface area contributed by atoms with Crippen LogP contribution in [0.4, 0.5) is 14.6 Å². The highest BCUT2D eigenvalue weighted by molar-refractivity contribution is 6.28. The van der Waals surface area contributed by atoms with Gasteiger partial charge in [-0.1, -0.05) is 0 Å². The Labute approximate surface area is 133 Å². The second kappa shape index (κ2) is 6.60. The van der Waals surface area contributed by atoms with E-state index in [4.69, 9.17) is 16.3 Å². The van der Waals surface area contributed by atoms with E-state index < -0.39 is 6.43 Å². The first-order chi connectivity index (χ1) is 10.5. The number of nitrogens with zero attached hydrogens (tertiary/aromatic N) is 4. The third-order valence-corrected chi connectivity index (χ3v) is 4.30. The van der Waals surface area contributed by atoms with Crippen molar-refractivity contribution in [2.45, 2.75) is 32.4 Å². The molecule has 122 valence electrons. The quantitative estimate of drug-likeness (QED) is 0.792. The second-order valence-electron chi connectivity index (χ2n) is 5.74. The van der Waals surface area contributed by atoms with Crippen LogP contribution in [0.2, 0.25) is 5.28 Å². The summed E-state index contributed by atoms with van der Waals surface area (Å²) < 4.78 is 30.6. The van der Waals surface area contributed by atoms with Crippen molar-refractivity contribution in [2.75, 3.05) is 37.7 Å². The summed E-state index contributed by atoms with van der Waals surface area (Å²) in [7, 11) is 0. The van der Waals surface area contributed by atoms with Crippen LogP contribution in [0.3, 0.4) is 0 Å². The van der Waals surface area contributed by atoms with E-state index in [1.807, 2.05) is 0 Å². The van der Waals surface area contributed by atoms with Gasteiger partial charge in [-0.2, -0.15) is 0 Å². The molecular formula is C14H19ClF2N4O. The van der Waals surface area contributed by atoms with E-state index >= 15 is 0 Å². The minimum atomic E-state index is -2.34. The molecule has 1 unspecified atom stereocenters. The van der Waals surface area contributed by atoms with Crippen LogP contribution in [-0.4, -0.2) is 60.2 Å². The lowest BCUT2D eigenvalue weighted by atomic mass is 10.0. The van der Waals surface area contributed by atoms with Crippen molar-refractivity contribution in [3.05, 3.63) is 16.5 Å². The summed E-state index contributed by atoms with van der Waals surface area (Å²) in [4.78, 5) is 12.6. The molecule has 0 saturated carbocycles. The first kappa shape index (κ1) is 15.8. The Morgan fingerprint density at radius 2 is 2.18 bits per heavy atom. The largest absolute Gasteiger partial charge is 0.377 e. The molecule has 2 aliphatic rings. The maximum atomic E-state index is 12.6. The fraction of sp³-hybridized carbons (Fsp3) is 0.714. The van der Waals surface area contributed by atoms with Gasteiger partial charge in [0.15, 0.2) is 0 Å². The fourth-order valence-electron chi connectivity index (χ4n) is 3.07. The lowest BCUT2D eigenvalue weighted by Crippen LogP contribution is -2.45. The summed E-state index contributed by atoms with van der Waals surface area (Å²) in [6, 6.07) is 0.211. The number of ether oxygens (including phenoxy) is 1. The van der Waals surface area contributed by atoms with Gasteiger partial charge in [-0.05, 0) is 24.9 Å². The van der Waals surface area contributed by atoms with Gasteiger partial charge < -0.3 is 9.64 Å². The number of hydrogen-bond donors (Lipinski definition) is 0. The van der Waals surface area contributed by atoms with Crippen LogP contribution in [-0.2, 0) is 17.7 Å². The highest BCUT2D eigenvalue weighted by Gasteiger charge is 2.29. The average molecular weight is 333 g/mol. The van der Waals surface area contributed by atoms with Crippen LogP contribution < -0.4 is 4.90 Å². The third-order valence-electron chi connectivity index (χ3n) is 4.13. The van der Waals surface area contributed by atoms with Gasteiger partial charge in [0, 0.05) is 25.2 Å². The maximum absolute atomic E-state index is 12.6. The molecule has 0 aromatic carbocycles. The van der Waals surface area contributed by atoms with Gasteiger partial charge in [-0.25, -0.2) is 18.7 Å². The van der Waals surface area contributed by atoms with E-state index in [-0.39, 0.29) is 17.9 Å². The Kier molecular flexibility index (Phi) is 4.75. The first-order valence-corrected chi connectivity index (χ1v) is 7.82. The number of aromatic nitrogens is 2. The highest BCUT2D eigenvalue weighted by Crippen LogP contribution is 2.29. The number of anilines is 1. The van der Waals surface area contributed by atoms with Crippen LogP contribution in [0.15, 0.2) is 0 Å². The zero-order valence-electron chi connectivity index (χ0n) is 12.4. The fourth-order valence-corrected chi connectivity index (χ4v) is 3.25. The van der Waals surface area contributed by atoms with Crippen molar-refractivity contribution in [3.63, 3.8) is 0 Å². The van der Waals surface area contributed by atoms with E-state index in [0.29, 0.717) is 32.7 Å². The van der Waals surface area contributed by atoms with Crippen molar-refractivity contribution in [3.8, 4) is 0 Å². The van der Waals surface area contributed by atoms with Crippen molar-refractivity contribution < 1.29 is 13.5 Å². The molecule has 1 atom stereocenters. The van der Waals surface area contributed by atoms with Crippen LogP contribution in [0.5, 0.6) is 0 Å². The van der Waals surface area contributed by atoms with Crippen molar-refractivity contribution in [1.29, 1.82) is 0 Å². The van der Waals surface area contributed by atoms with Gasteiger partial charge >= 0.3 is 0 Å². The molecule has 1 saturated heterocycles. The van der Waals surface area contributed by atoms with Gasteiger partial charge in [-0.15, -0.1) is 0 Å². The zero-order chi connectivity index (χ0) is 15.7. The van der Waals surface area contributed by atoms with E-state index in [1.54, 1.807) is 4.90 Å². The monoisotopic (exact) mass is 332 g/mol. The number of rotatable bonds is 3. The van der Waals surface area contributed by atoms with Gasteiger partial charge in [0.25, 0.3) is 6.43 Å². The van der Waals surface area contributed by atoms with E-state index in [0.717, 1.165) is 23.6 Å². The molecule has 0 N–H and O–H groups in total. The maximum Gasteiger partial charge on any atom is 0.251 e. The number of morpholine rings is 1. The molecule has 2 aliphatic heterocycles. The highest BCUT2D eigenvalue weighted by atomic mass is 35.5. The Balaban J connectivity index is 1.88. The number of alkyl halides is 2. The van der Waals surface area contributed by atoms with Gasteiger partial charge in [0.2, 0.25) is 5.28 Å². The number of hydrogen-bond acceptors (Lipinski definition) is 5. The van der Waals surface area contributed by atoms with Gasteiger partial charge in [0.1, 0.15) is 5.82 Å². The van der Waals surface area contributed by atoms with Gasteiger partial charge in [0.05, 0.1) is 31.5 Å². The molecule has 22 heavy (non-hydrogen) atoms. The minimum Gasteiger partial charge on any atom is -0.377 e. The summed E-state index contributed by atoms with van der Waals surface area (Å²) in [5.41, 5.74) is 1.80. The van der Waals surface area contributed by atoms with E-state index in [1.165, 1.54) is 0 Å². The first-order valence-electron chi connectivity index (χ1n) is 7.44. The molecule has 5 nitrogen and oxygen atoms in total. The van der Waals surface area contributed by atoms with Crippen LogP contribution in [0, 0.1) is 0 Å². The predicted molar refractivity (Wildman–Crippen MR) is 79.7 cm³/mol. The molecular weight excluding hydrogens is 314 g/mol. The SMILES string of the molecule is CC1COCCN1c1nc(Cl)nc2c1CCN(CC(F)F)C2. The molecule has 1 aromatic heterocycles. The van der Waals surface area contributed by atoms with E-state index in [9.17, 15) is 8.78 Å². The third kappa shape index (κ3) is 3.31. The smallest absolute Gasteiger partial charge is 0.251 e. The van der Waals surface area contributed by atoms with Crippen molar-refractivity contribution in [1.82, 2.24) is 14.9 Å². The summed E-state index contributed by atoms with van der Waals surface area (Å²) in [5, 5.41) is 0.173. The average Bonchev–Trinajstić information content (AvgIpc) is 2.46. The van der Waals surface area contributed by atoms with Crippen LogP contribution in [0.1, 0.15) is 18.2 Å². The summed E-state index contributed by atoms with van der Waals surface area (Å²) in [5.74, 6) is 0.836. The molecule has 8 heteroatoms. The Hall–Kier alpha value is -1.05. The van der Waals surface area contributed by atoms with Crippen LogP contribution in [0.25, 0.3) is 0 Å². The topological polar surface area (TPSA) is 41.5 Å². The molecule has 0 amide bonds. The zero-order valence-corrected chi connectivity index (χ0v) is 13.2. The van der Waals surface area contributed by atoms with Crippen molar-refractivity contribution >= 4 is 17.4 Å². The minimum absolute atomic E-state index is 0.173. The summed E-state index contributed by atoms with van der Waals surface area (Å²) in [6.07, 6.45) is -1.67. The van der Waals surface area contributed by atoms with Gasteiger partial charge in [-0.3, -0.25) is 4.90 Å². The molecule has 0 radical (unpaired) electrons. The van der Waals surface area contributed by atoms with E-state index in [2.05, 4.69) is 21.8 Å². The molecule has 1 aromatic rings. The van der Waals surface area contributed by atoms with Crippen molar-refractivity contribution in [2.24, 2.45) is 0 Å². The summed E-state index contributed by atoms with van der Waals surface area (Å²) >= 11 is 6.06. The molecule has 0 aliphatic carbocycles. The molecule has 0 bridgehead atoms. The molecule has 3 heterocycles. The predicted octanol–water partition coefficient (Wildman–Crippen LogP) is 1.98. The van der Waals surface area contributed by atoms with Crippen LogP contribution >= 0.6 is 11.6 Å². The number of halogens is 3. The standard InChI is InChI=1S/C14H19ClF2N4O/c1-9-8-22-5-4-21(9)13-10-2-3-20(7-12(16)17)6-11(10)18-14(15)19-13/h9,12H,2-8H2,1H3. The normalized spacial score (nSPS) is 23.0. The Morgan fingerprint density at radius 1 is 1.36 bits per heavy atom. The second-order valence-corrected chi connectivity index (χ2v) is 6.07. The lowest BCUT2D eigenvalue weighted by molar-refractivity contribution is 0.0809. The molecule has 0 spiro atoms. The molecule has 1 fully saturated rings. The lowest BCUT2D eigenvalue weighted by Gasteiger charge is -2.37.